The van der Waals surface area contributed by atoms with Gasteiger partial charge < -0.3 is 30.9 Å². The maximum absolute atomic E-state index is 13.7. The molecule has 4 N–H and O–H groups in total. The maximum Gasteiger partial charge on any atom is 0.341 e. The number of amides is 4. The summed E-state index contributed by atoms with van der Waals surface area (Å²) < 4.78 is 4.97. The third-order valence-electron chi connectivity index (χ3n) is 8.03. The van der Waals surface area contributed by atoms with Gasteiger partial charge in [-0.1, -0.05) is 54.6 Å². The van der Waals surface area contributed by atoms with Crippen molar-refractivity contribution in [2.24, 2.45) is 0 Å². The molecular weight excluding hydrogens is 723 g/mol. The van der Waals surface area contributed by atoms with Crippen molar-refractivity contribution in [3.8, 4) is 0 Å². The van der Waals surface area contributed by atoms with Crippen LogP contribution in [0.2, 0.25) is 0 Å². The van der Waals surface area contributed by atoms with Gasteiger partial charge in [-0.3, -0.25) is 19.2 Å². The molecule has 0 bridgehead atoms. The van der Waals surface area contributed by atoms with Gasteiger partial charge in [-0.2, -0.15) is 0 Å². The van der Waals surface area contributed by atoms with Crippen LogP contribution in [0, 0.1) is 6.92 Å². The Morgan fingerprint density at radius 2 is 1.43 bits per heavy atom. The molecule has 1 heterocycles. The van der Waals surface area contributed by atoms with Crippen LogP contribution in [0.4, 0.5) is 22.1 Å². The quantitative estimate of drug-likeness (QED) is 0.0543. The summed E-state index contributed by atoms with van der Waals surface area (Å²) in [7, 11) is 5.09. The lowest BCUT2D eigenvalue weighted by atomic mass is 10.1. The van der Waals surface area contributed by atoms with Gasteiger partial charge in [-0.05, 0) is 85.6 Å². The average Bonchev–Trinajstić information content (AvgIpc) is 3.50. The number of rotatable bonds is 13. The van der Waals surface area contributed by atoms with Crippen LogP contribution in [-0.2, 0) is 14.3 Å². The summed E-state index contributed by atoms with van der Waals surface area (Å²) >= 11 is 2.22. The Morgan fingerprint density at radius 1 is 0.778 bits per heavy atom. The molecule has 0 aliphatic carbocycles. The van der Waals surface area contributed by atoms with Crippen LogP contribution >= 0.6 is 23.1 Å². The summed E-state index contributed by atoms with van der Waals surface area (Å²) in [5.74, 6) is -2.49. The van der Waals surface area contributed by atoms with Crippen LogP contribution in [0.15, 0.2) is 120 Å². The summed E-state index contributed by atoms with van der Waals surface area (Å²) in [4.78, 5) is 69.0. The van der Waals surface area contributed by atoms with E-state index >= 15 is 0 Å². The molecule has 1 unspecified atom stereocenters. The number of nitrogens with one attached hydrogen (secondary N) is 4. The van der Waals surface area contributed by atoms with Gasteiger partial charge in [0.15, 0.2) is 0 Å². The van der Waals surface area contributed by atoms with Gasteiger partial charge in [0.1, 0.15) is 10.7 Å². The van der Waals surface area contributed by atoms with E-state index in [1.54, 1.807) is 98.8 Å². The van der Waals surface area contributed by atoms with Crippen LogP contribution in [0.3, 0.4) is 0 Å². The van der Waals surface area contributed by atoms with Crippen molar-refractivity contribution in [2.45, 2.75) is 24.0 Å². The Balaban J connectivity index is 1.30. The number of carbonyl (C=O) groups excluding carboxylic acids is 5. The fourth-order valence-electron chi connectivity index (χ4n) is 5.17. The largest absolute Gasteiger partial charge is 0.465 e. The number of para-hydroxylation sites is 1. The molecule has 5 aromatic rings. The van der Waals surface area contributed by atoms with Crippen molar-refractivity contribution < 1.29 is 28.7 Å². The highest BCUT2D eigenvalue weighted by Gasteiger charge is 2.28. The number of thioether (sulfide) groups is 1. The molecule has 0 aliphatic rings. The van der Waals surface area contributed by atoms with E-state index in [4.69, 9.17) is 4.74 Å². The highest BCUT2D eigenvalue weighted by Crippen LogP contribution is 2.35. The van der Waals surface area contributed by atoms with Crippen LogP contribution in [0.25, 0.3) is 6.08 Å². The number of thiophene rings is 1. The lowest BCUT2D eigenvalue weighted by Crippen LogP contribution is -2.30. The summed E-state index contributed by atoms with van der Waals surface area (Å²) in [5, 5.41) is 10.8. The molecule has 11 nitrogen and oxygen atoms in total. The minimum absolute atomic E-state index is 0.0386. The minimum Gasteiger partial charge on any atom is -0.465 e. The first kappa shape index (κ1) is 39.0. The van der Waals surface area contributed by atoms with Crippen molar-refractivity contribution in [3.63, 3.8) is 0 Å². The van der Waals surface area contributed by atoms with Crippen LogP contribution in [0.5, 0.6) is 0 Å². The third-order valence-corrected chi connectivity index (χ3v) is 10.3. The van der Waals surface area contributed by atoms with Crippen molar-refractivity contribution in [1.29, 1.82) is 0 Å². The van der Waals surface area contributed by atoms with E-state index in [-0.39, 0.29) is 21.1 Å². The second kappa shape index (κ2) is 18.0. The van der Waals surface area contributed by atoms with Gasteiger partial charge in [0.05, 0.1) is 22.8 Å². The average molecular weight is 762 g/mol. The standard InChI is InChI=1S/C41H39N5O6S2/c1-25-34(41(51)52-5)40(54-35(25)39(50)42-29-15-10-7-11-16-29)45-36(47)26(2)53-32-18-12-17-30(24-32)43-38(49)33(44-37(48)28-13-8-6-9-14-28)23-27-19-21-31(22-20-27)46(3)4/h6-24,26H,1-5H3,(H,42,50)(H,43,49)(H,44,48)(H,45,47)/b33-23+. The second-order valence-electron chi connectivity index (χ2n) is 12.2. The fraction of sp³-hybridized carbons (Fsp3) is 0.146. The molecule has 54 heavy (non-hydrogen) atoms. The summed E-state index contributed by atoms with van der Waals surface area (Å²) in [6.07, 6.45) is 1.60. The lowest BCUT2D eigenvalue weighted by Gasteiger charge is -2.15. The number of ether oxygens (including phenoxy) is 1. The van der Waals surface area contributed by atoms with Crippen LogP contribution in [0.1, 0.15) is 48.4 Å². The van der Waals surface area contributed by atoms with E-state index in [1.807, 2.05) is 49.3 Å². The van der Waals surface area contributed by atoms with Gasteiger partial charge in [0.2, 0.25) is 5.91 Å². The Labute approximate surface area is 321 Å². The Hall–Kier alpha value is -6.18. The molecule has 1 atom stereocenters. The van der Waals surface area contributed by atoms with E-state index < -0.39 is 34.8 Å². The fourth-order valence-corrected chi connectivity index (χ4v) is 7.19. The van der Waals surface area contributed by atoms with E-state index in [2.05, 4.69) is 21.3 Å². The zero-order valence-corrected chi connectivity index (χ0v) is 31.9. The van der Waals surface area contributed by atoms with E-state index in [0.717, 1.165) is 17.0 Å². The molecule has 0 saturated heterocycles. The lowest BCUT2D eigenvalue weighted by molar-refractivity contribution is -0.115. The molecule has 4 aromatic carbocycles. The van der Waals surface area contributed by atoms with E-state index in [9.17, 15) is 24.0 Å². The third kappa shape index (κ3) is 10.0. The molecule has 5 rings (SSSR count). The molecule has 276 valence electrons. The first-order chi connectivity index (χ1) is 25.9. The predicted molar refractivity (Wildman–Crippen MR) is 216 cm³/mol. The molecular formula is C41H39N5O6S2. The number of nitrogens with zero attached hydrogens (tertiary/aromatic N) is 1. The number of carbonyl (C=O) groups is 5. The Kier molecular flexibility index (Phi) is 13.0. The molecule has 4 amide bonds. The summed E-state index contributed by atoms with van der Waals surface area (Å²) in [6.45, 7) is 3.33. The highest BCUT2D eigenvalue weighted by atomic mass is 32.2. The van der Waals surface area contributed by atoms with Crippen molar-refractivity contribution in [2.75, 3.05) is 42.1 Å². The topological polar surface area (TPSA) is 146 Å². The van der Waals surface area contributed by atoms with E-state index in [0.29, 0.717) is 33.0 Å². The number of hydrogen-bond donors (Lipinski definition) is 4. The molecule has 1 aromatic heterocycles. The number of benzene rings is 4. The van der Waals surface area contributed by atoms with Gasteiger partial charge >= 0.3 is 5.97 Å². The molecule has 0 fully saturated rings. The summed E-state index contributed by atoms with van der Waals surface area (Å²) in [5.41, 5.74) is 3.65. The maximum atomic E-state index is 13.7. The molecule has 0 radical (unpaired) electrons. The van der Waals surface area contributed by atoms with Gasteiger partial charge in [0, 0.05) is 41.6 Å². The van der Waals surface area contributed by atoms with Crippen LogP contribution in [-0.4, -0.2) is 56.1 Å². The molecule has 0 saturated carbocycles. The first-order valence-electron chi connectivity index (χ1n) is 16.8. The number of esters is 1. The number of anilines is 4. The van der Waals surface area contributed by atoms with Gasteiger partial charge in [0.25, 0.3) is 17.7 Å². The van der Waals surface area contributed by atoms with E-state index in [1.165, 1.54) is 18.9 Å². The van der Waals surface area contributed by atoms with Crippen molar-refractivity contribution in [1.82, 2.24) is 5.32 Å². The number of hydrogen-bond acceptors (Lipinski definition) is 9. The second-order valence-corrected chi connectivity index (χ2v) is 14.6. The highest BCUT2D eigenvalue weighted by molar-refractivity contribution is 8.00. The molecule has 0 aliphatic heterocycles. The summed E-state index contributed by atoms with van der Waals surface area (Å²) in [6, 6.07) is 32.0. The predicted octanol–water partition coefficient (Wildman–Crippen LogP) is 7.69. The zero-order chi connectivity index (χ0) is 38.8. The van der Waals surface area contributed by atoms with Crippen molar-refractivity contribution >= 4 is 80.8 Å². The minimum atomic E-state index is -0.680. The van der Waals surface area contributed by atoms with Gasteiger partial charge in [-0.25, -0.2) is 4.79 Å². The molecule has 0 spiro atoms. The smallest absolute Gasteiger partial charge is 0.341 e. The Bertz CT molecular complexity index is 2180. The SMILES string of the molecule is COC(=O)c1c(NC(=O)C(C)Sc2cccc(NC(=O)/C(=C\c3ccc(N(C)C)cc3)NC(=O)c3ccccc3)c2)sc(C(=O)Nc2ccccc2)c1C. The Morgan fingerprint density at radius 3 is 2.07 bits per heavy atom. The first-order valence-corrected chi connectivity index (χ1v) is 18.5. The molecule has 13 heteroatoms. The normalized spacial score (nSPS) is 11.5. The zero-order valence-electron chi connectivity index (χ0n) is 30.3. The van der Waals surface area contributed by atoms with Crippen molar-refractivity contribution in [3.05, 3.63) is 142 Å². The monoisotopic (exact) mass is 761 g/mol. The van der Waals surface area contributed by atoms with Crippen LogP contribution < -0.4 is 26.2 Å². The van der Waals surface area contributed by atoms with Gasteiger partial charge in [-0.15, -0.1) is 23.1 Å². The number of methoxy groups -OCH3 is 1.